The molecule has 1 fully saturated rings. The van der Waals surface area contributed by atoms with E-state index in [1.807, 2.05) is 0 Å². The van der Waals surface area contributed by atoms with E-state index >= 15 is 0 Å². The smallest absolute Gasteiger partial charge is 0.0540 e. The van der Waals surface area contributed by atoms with Gasteiger partial charge in [-0.3, -0.25) is 0 Å². The van der Waals surface area contributed by atoms with Crippen LogP contribution in [0.25, 0.3) is 0 Å². The van der Waals surface area contributed by atoms with Crippen LogP contribution in [0, 0.1) is 17.8 Å². The molecule has 1 aliphatic rings. The van der Waals surface area contributed by atoms with Gasteiger partial charge in [0.15, 0.2) is 0 Å². The fourth-order valence-corrected chi connectivity index (χ4v) is 2.33. The van der Waals surface area contributed by atoms with Crippen molar-refractivity contribution in [3.63, 3.8) is 0 Å². The molecule has 1 heteroatoms. The molecule has 0 saturated heterocycles. The third-order valence-corrected chi connectivity index (χ3v) is 3.13. The lowest BCUT2D eigenvalue weighted by molar-refractivity contribution is 0.126. The summed E-state index contributed by atoms with van der Waals surface area (Å²) in [5.41, 5.74) is 0.399. The van der Waals surface area contributed by atoms with Crippen molar-refractivity contribution >= 4 is 0 Å². The molecule has 0 aromatic carbocycles. The number of aliphatic hydroxyl groups is 1. The predicted molar refractivity (Wildman–Crippen MR) is 56.3 cm³/mol. The van der Waals surface area contributed by atoms with Gasteiger partial charge >= 0.3 is 0 Å². The van der Waals surface area contributed by atoms with Gasteiger partial charge in [-0.2, -0.15) is 0 Å². The first-order chi connectivity index (χ1) is 6.03. The predicted octanol–water partition coefficient (Wildman–Crippen LogP) is 3.18. The van der Waals surface area contributed by atoms with Crippen LogP contribution >= 0.6 is 0 Å². The van der Waals surface area contributed by atoms with Gasteiger partial charge in [0.1, 0.15) is 0 Å². The summed E-state index contributed by atoms with van der Waals surface area (Å²) < 4.78 is 0. The van der Waals surface area contributed by atoms with Gasteiger partial charge in [-0.1, -0.05) is 33.6 Å². The Morgan fingerprint density at radius 1 is 1.54 bits per heavy atom. The van der Waals surface area contributed by atoms with E-state index in [4.69, 9.17) is 0 Å². The van der Waals surface area contributed by atoms with Gasteiger partial charge in [0.25, 0.3) is 0 Å². The zero-order valence-electron chi connectivity index (χ0n) is 9.21. The van der Waals surface area contributed by atoms with Crippen LogP contribution in [0.3, 0.4) is 0 Å². The van der Waals surface area contributed by atoms with E-state index in [2.05, 4.69) is 27.2 Å². The number of rotatable bonds is 3. The van der Waals surface area contributed by atoms with Gasteiger partial charge in [-0.15, -0.1) is 0 Å². The lowest BCUT2D eigenvalue weighted by Gasteiger charge is -2.35. The third kappa shape index (κ3) is 3.68. The van der Waals surface area contributed by atoms with Crippen LogP contribution in [-0.4, -0.2) is 11.2 Å². The Morgan fingerprint density at radius 2 is 2.23 bits per heavy atom. The molecule has 0 heterocycles. The highest BCUT2D eigenvalue weighted by molar-refractivity contribution is 4.94. The van der Waals surface area contributed by atoms with Crippen molar-refractivity contribution < 1.29 is 5.11 Å². The van der Waals surface area contributed by atoms with E-state index in [9.17, 15) is 5.11 Å². The first-order valence-corrected chi connectivity index (χ1v) is 5.57. The summed E-state index contributed by atoms with van der Waals surface area (Å²) in [7, 11) is 0. The molecular formula is C12H23O. The van der Waals surface area contributed by atoms with Crippen molar-refractivity contribution in [3.05, 3.63) is 6.42 Å². The molecule has 1 saturated carbocycles. The molecule has 2 atom stereocenters. The van der Waals surface area contributed by atoms with E-state index in [1.54, 1.807) is 0 Å². The number of aliphatic hydroxyl groups excluding tert-OH is 1. The van der Waals surface area contributed by atoms with Crippen LogP contribution in [-0.2, 0) is 0 Å². The van der Waals surface area contributed by atoms with E-state index in [-0.39, 0.29) is 6.10 Å². The fourth-order valence-electron chi connectivity index (χ4n) is 2.33. The highest BCUT2D eigenvalue weighted by Crippen LogP contribution is 2.39. The average molecular weight is 183 g/mol. The summed E-state index contributed by atoms with van der Waals surface area (Å²) in [6, 6.07) is 0. The van der Waals surface area contributed by atoms with Crippen LogP contribution in [0.4, 0.5) is 0 Å². The molecule has 13 heavy (non-hydrogen) atoms. The molecule has 1 aliphatic carbocycles. The quantitative estimate of drug-likeness (QED) is 0.712. The van der Waals surface area contributed by atoms with E-state index in [0.29, 0.717) is 11.3 Å². The summed E-state index contributed by atoms with van der Waals surface area (Å²) in [5, 5.41) is 9.56. The van der Waals surface area contributed by atoms with E-state index in [0.717, 1.165) is 12.8 Å². The molecular weight excluding hydrogens is 160 g/mol. The summed E-state index contributed by atoms with van der Waals surface area (Å²) in [6.45, 7) is 6.66. The second kappa shape index (κ2) is 4.45. The Kier molecular flexibility index (Phi) is 3.78. The van der Waals surface area contributed by atoms with Crippen molar-refractivity contribution in [1.29, 1.82) is 0 Å². The van der Waals surface area contributed by atoms with Gasteiger partial charge in [-0.25, -0.2) is 0 Å². The summed E-state index contributed by atoms with van der Waals surface area (Å²) in [4.78, 5) is 0. The Balaban J connectivity index is 2.34. The van der Waals surface area contributed by atoms with Crippen molar-refractivity contribution in [2.24, 2.45) is 11.3 Å². The van der Waals surface area contributed by atoms with Crippen LogP contribution in [0.15, 0.2) is 0 Å². The Bertz CT molecular complexity index is 151. The lowest BCUT2D eigenvalue weighted by Crippen LogP contribution is -2.26. The third-order valence-electron chi connectivity index (χ3n) is 3.13. The molecule has 1 nitrogen and oxygen atoms in total. The average Bonchev–Trinajstić information content (AvgIpc) is 2.02. The van der Waals surface area contributed by atoms with Gasteiger partial charge in [0, 0.05) is 0 Å². The fraction of sp³-hybridized carbons (Fsp3) is 0.917. The highest BCUT2D eigenvalue weighted by atomic mass is 16.3. The van der Waals surface area contributed by atoms with Gasteiger partial charge in [0.05, 0.1) is 6.10 Å². The largest absolute Gasteiger partial charge is 0.393 e. The zero-order chi connectivity index (χ0) is 9.90. The summed E-state index contributed by atoms with van der Waals surface area (Å²) in [5.74, 6) is 0.652. The monoisotopic (exact) mass is 183 g/mol. The maximum Gasteiger partial charge on any atom is 0.0540 e. The molecule has 1 rings (SSSR count). The molecule has 77 valence electrons. The van der Waals surface area contributed by atoms with Crippen molar-refractivity contribution in [2.75, 3.05) is 0 Å². The van der Waals surface area contributed by atoms with Crippen LogP contribution < -0.4 is 0 Å². The van der Waals surface area contributed by atoms with Crippen LogP contribution in [0.5, 0.6) is 0 Å². The molecule has 1 N–H and O–H groups in total. The van der Waals surface area contributed by atoms with E-state index < -0.39 is 0 Å². The van der Waals surface area contributed by atoms with Gasteiger partial charge in [0.2, 0.25) is 0 Å². The Labute approximate surface area is 82.5 Å². The van der Waals surface area contributed by atoms with Crippen molar-refractivity contribution in [1.82, 2.24) is 0 Å². The second-order valence-corrected chi connectivity index (χ2v) is 5.11. The van der Waals surface area contributed by atoms with Gasteiger partial charge < -0.3 is 5.11 Å². The van der Waals surface area contributed by atoms with Crippen LogP contribution in [0.1, 0.15) is 52.9 Å². The standard InChI is InChI=1S/C12H23O/c1-4-11(13)8-10-6-5-7-12(2,3)9-10/h9-11,13H,4-8H2,1-3H3. The van der Waals surface area contributed by atoms with Gasteiger partial charge in [-0.05, 0) is 37.0 Å². The molecule has 0 spiro atoms. The maximum absolute atomic E-state index is 9.56. The minimum Gasteiger partial charge on any atom is -0.393 e. The zero-order valence-corrected chi connectivity index (χ0v) is 9.21. The van der Waals surface area contributed by atoms with Crippen molar-refractivity contribution in [3.8, 4) is 0 Å². The molecule has 0 amide bonds. The highest BCUT2D eigenvalue weighted by Gasteiger charge is 2.28. The number of hydrogen-bond acceptors (Lipinski definition) is 1. The maximum atomic E-state index is 9.56. The normalized spacial score (nSPS) is 30.0. The van der Waals surface area contributed by atoms with Crippen LogP contribution in [0.2, 0.25) is 0 Å². The summed E-state index contributed by atoms with van der Waals surface area (Å²) >= 11 is 0. The molecule has 0 aliphatic heterocycles. The molecule has 0 aromatic rings. The van der Waals surface area contributed by atoms with E-state index in [1.165, 1.54) is 19.3 Å². The molecule has 2 unspecified atom stereocenters. The molecule has 0 bridgehead atoms. The lowest BCUT2D eigenvalue weighted by atomic mass is 9.71. The minimum atomic E-state index is -0.0878. The minimum absolute atomic E-state index is 0.0878. The second-order valence-electron chi connectivity index (χ2n) is 5.11. The number of hydrogen-bond donors (Lipinski definition) is 1. The first-order valence-electron chi connectivity index (χ1n) is 5.57. The SMILES string of the molecule is CCC(O)CC1[CH]C(C)(C)CCC1. The van der Waals surface area contributed by atoms with Crippen molar-refractivity contribution in [2.45, 2.75) is 59.0 Å². The first kappa shape index (κ1) is 11.0. The Hall–Kier alpha value is -0.0400. The topological polar surface area (TPSA) is 20.2 Å². The molecule has 0 aromatic heterocycles. The summed E-state index contributed by atoms with van der Waals surface area (Å²) in [6.07, 6.45) is 8.15. The molecule has 1 radical (unpaired) electrons. The Morgan fingerprint density at radius 3 is 2.77 bits per heavy atom.